The van der Waals surface area contributed by atoms with Gasteiger partial charge in [0.15, 0.2) is 0 Å². The summed E-state index contributed by atoms with van der Waals surface area (Å²) in [5, 5.41) is 3.96. The van der Waals surface area contributed by atoms with E-state index >= 15 is 0 Å². The Morgan fingerprint density at radius 1 is 1.25 bits per heavy atom. The van der Waals surface area contributed by atoms with Crippen LogP contribution in [0.4, 0.5) is 0 Å². The summed E-state index contributed by atoms with van der Waals surface area (Å²) in [6, 6.07) is 0. The van der Waals surface area contributed by atoms with Crippen LogP contribution in [-0.4, -0.2) is 15.1 Å². The maximum atomic E-state index is 10.1. The number of nitrogens with one attached hydrogen (secondary N) is 2. The topological polar surface area (TPSA) is 96.7 Å². The maximum Gasteiger partial charge on any atom is 0.332 e. The second-order valence-corrected chi connectivity index (χ2v) is 1.25. The van der Waals surface area contributed by atoms with Gasteiger partial charge in [-0.1, -0.05) is 0 Å². The molecular formula is C2H4N4O2. The lowest BCUT2D eigenvalue weighted by Gasteiger charge is -1.81. The van der Waals surface area contributed by atoms with Crippen molar-refractivity contribution in [1.29, 1.82) is 0 Å². The number of nitrogens with two attached hydrogens (primary N) is 1. The molecule has 0 spiro atoms. The van der Waals surface area contributed by atoms with Gasteiger partial charge in [-0.15, -0.1) is 4.91 Å². The number of hydrogen-bond donors (Lipinski definition) is 3. The van der Waals surface area contributed by atoms with Crippen molar-refractivity contribution in [2.75, 3.05) is 5.84 Å². The first-order valence-electron chi connectivity index (χ1n) is 1.86. The Kier molecular flexibility index (Phi) is 0.736. The highest BCUT2D eigenvalue weighted by atomic mass is 16.2. The summed E-state index contributed by atoms with van der Waals surface area (Å²) in [6.45, 7) is 0. The van der Waals surface area contributed by atoms with Gasteiger partial charge >= 0.3 is 11.1 Å². The van der Waals surface area contributed by atoms with Crippen LogP contribution < -0.4 is 17.0 Å². The molecule has 0 saturated heterocycles. The van der Waals surface area contributed by atoms with Crippen LogP contribution in [0.5, 0.6) is 0 Å². The van der Waals surface area contributed by atoms with Crippen molar-refractivity contribution in [3.8, 4) is 0 Å². The summed E-state index contributed by atoms with van der Waals surface area (Å²) < 4.78 is 0. The van der Waals surface area contributed by atoms with Crippen molar-refractivity contribution in [2.45, 2.75) is 0 Å². The lowest BCUT2D eigenvalue weighted by atomic mass is 10.9. The van der Waals surface area contributed by atoms with E-state index in [1.54, 1.807) is 0 Å². The standard InChI is InChI=1S/C2H4N4O2/c3-6-4-1(7)2(8)5-6/h3H2,(H,4,7)(H,5,8). The first kappa shape index (κ1) is 4.69. The number of nitrogen functional groups attached to an aromatic ring is 1. The predicted molar refractivity (Wildman–Crippen MR) is 25.8 cm³/mol. The predicted octanol–water partition coefficient (Wildman–Crippen LogP) is -2.42. The molecule has 1 aromatic heterocycles. The Hall–Kier alpha value is -1.46. The van der Waals surface area contributed by atoms with Crippen molar-refractivity contribution in [1.82, 2.24) is 15.1 Å². The molecule has 0 unspecified atom stereocenters. The van der Waals surface area contributed by atoms with Crippen LogP contribution in [0.2, 0.25) is 0 Å². The van der Waals surface area contributed by atoms with Crippen LogP contribution in [0.3, 0.4) is 0 Å². The molecule has 0 aliphatic heterocycles. The van der Waals surface area contributed by atoms with E-state index in [1.807, 2.05) is 10.2 Å². The van der Waals surface area contributed by atoms with Crippen molar-refractivity contribution in [3.05, 3.63) is 20.7 Å². The Bertz CT molecular complexity index is 249. The van der Waals surface area contributed by atoms with Gasteiger partial charge in [-0.05, 0) is 0 Å². The van der Waals surface area contributed by atoms with E-state index in [-0.39, 0.29) is 0 Å². The first-order valence-corrected chi connectivity index (χ1v) is 1.86. The minimum atomic E-state index is -0.743. The molecule has 1 rings (SSSR count). The van der Waals surface area contributed by atoms with E-state index < -0.39 is 11.1 Å². The molecule has 0 fully saturated rings. The average molecular weight is 116 g/mol. The van der Waals surface area contributed by atoms with Gasteiger partial charge in [0.1, 0.15) is 0 Å². The van der Waals surface area contributed by atoms with Gasteiger partial charge in [0, 0.05) is 0 Å². The molecule has 0 amide bonds. The molecule has 44 valence electrons. The van der Waals surface area contributed by atoms with E-state index in [0.29, 0.717) is 4.91 Å². The lowest BCUT2D eigenvalue weighted by Crippen LogP contribution is -2.20. The highest BCUT2D eigenvalue weighted by molar-refractivity contribution is 4.66. The second-order valence-electron chi connectivity index (χ2n) is 1.25. The van der Waals surface area contributed by atoms with Crippen molar-refractivity contribution in [3.63, 3.8) is 0 Å². The van der Waals surface area contributed by atoms with Crippen LogP contribution in [0, 0.1) is 0 Å². The molecule has 0 atom stereocenters. The normalized spacial score (nSPS) is 9.50. The Morgan fingerprint density at radius 2 is 1.62 bits per heavy atom. The Morgan fingerprint density at radius 3 is 1.75 bits per heavy atom. The van der Waals surface area contributed by atoms with Gasteiger partial charge in [-0.3, -0.25) is 9.59 Å². The molecular weight excluding hydrogens is 112 g/mol. The highest BCUT2D eigenvalue weighted by Crippen LogP contribution is 1.39. The zero-order valence-electron chi connectivity index (χ0n) is 3.84. The van der Waals surface area contributed by atoms with Crippen LogP contribution in [0.15, 0.2) is 9.59 Å². The molecule has 0 radical (unpaired) electrons. The van der Waals surface area contributed by atoms with Crippen LogP contribution in [0.25, 0.3) is 0 Å². The van der Waals surface area contributed by atoms with Crippen molar-refractivity contribution in [2.24, 2.45) is 0 Å². The van der Waals surface area contributed by atoms with Gasteiger partial charge in [0.05, 0.1) is 0 Å². The van der Waals surface area contributed by atoms with Crippen LogP contribution in [-0.2, 0) is 0 Å². The molecule has 0 saturated carbocycles. The molecule has 4 N–H and O–H groups in total. The minimum Gasteiger partial charge on any atom is -0.309 e. The lowest BCUT2D eigenvalue weighted by molar-refractivity contribution is 0.698. The summed E-state index contributed by atoms with van der Waals surface area (Å²) in [4.78, 5) is 21.0. The number of rotatable bonds is 0. The maximum absolute atomic E-state index is 10.1. The van der Waals surface area contributed by atoms with E-state index in [0.717, 1.165) is 0 Å². The first-order chi connectivity index (χ1) is 3.70. The summed E-state index contributed by atoms with van der Waals surface area (Å²) >= 11 is 0. The number of H-pyrrole nitrogens is 2. The quantitative estimate of drug-likeness (QED) is 0.260. The van der Waals surface area contributed by atoms with Gasteiger partial charge in [-0.2, -0.15) is 0 Å². The molecule has 8 heavy (non-hydrogen) atoms. The average Bonchev–Trinajstić information content (AvgIpc) is 1.85. The van der Waals surface area contributed by atoms with Gasteiger partial charge in [0.2, 0.25) is 0 Å². The van der Waals surface area contributed by atoms with E-state index in [2.05, 4.69) is 0 Å². The summed E-state index contributed by atoms with van der Waals surface area (Å²) in [6.07, 6.45) is 0. The number of aromatic nitrogens is 3. The molecule has 0 aliphatic rings. The molecule has 1 aromatic rings. The largest absolute Gasteiger partial charge is 0.332 e. The van der Waals surface area contributed by atoms with E-state index in [4.69, 9.17) is 5.84 Å². The zero-order chi connectivity index (χ0) is 6.15. The molecule has 0 aliphatic carbocycles. The molecule has 0 bridgehead atoms. The summed E-state index contributed by atoms with van der Waals surface area (Å²) in [5.74, 6) is 4.88. The fraction of sp³-hybridized carbons (Fsp3) is 0. The Labute approximate surface area is 42.9 Å². The third kappa shape index (κ3) is 0.512. The van der Waals surface area contributed by atoms with Gasteiger partial charge < -0.3 is 5.84 Å². The molecule has 1 heterocycles. The third-order valence-electron chi connectivity index (χ3n) is 0.650. The van der Waals surface area contributed by atoms with Crippen molar-refractivity contribution < 1.29 is 0 Å². The zero-order valence-corrected chi connectivity index (χ0v) is 3.84. The monoisotopic (exact) mass is 116 g/mol. The molecule has 0 aromatic carbocycles. The van der Waals surface area contributed by atoms with Crippen LogP contribution in [0.1, 0.15) is 0 Å². The third-order valence-corrected chi connectivity index (χ3v) is 0.650. The molecule has 6 nitrogen and oxygen atoms in total. The number of aromatic amines is 2. The van der Waals surface area contributed by atoms with Gasteiger partial charge in [0.25, 0.3) is 0 Å². The smallest absolute Gasteiger partial charge is 0.309 e. The van der Waals surface area contributed by atoms with E-state index in [9.17, 15) is 9.59 Å². The van der Waals surface area contributed by atoms with E-state index in [1.165, 1.54) is 0 Å². The SMILES string of the molecule is Nn1[nH]c(=O)c(=O)[nH]1. The summed E-state index contributed by atoms with van der Waals surface area (Å²) in [5.41, 5.74) is -1.49. The minimum absolute atomic E-state index is 0.699. The fourth-order valence-corrected chi connectivity index (χ4v) is 0.348. The molecule has 6 heteroatoms. The van der Waals surface area contributed by atoms with Gasteiger partial charge in [-0.25, -0.2) is 10.2 Å². The number of nitrogens with zero attached hydrogens (tertiary/aromatic N) is 1. The second kappa shape index (κ2) is 1.25. The number of hydrogen-bond acceptors (Lipinski definition) is 3. The van der Waals surface area contributed by atoms with Crippen LogP contribution >= 0.6 is 0 Å². The van der Waals surface area contributed by atoms with Crippen molar-refractivity contribution >= 4 is 0 Å². The highest BCUT2D eigenvalue weighted by Gasteiger charge is 1.90. The fourth-order valence-electron chi connectivity index (χ4n) is 0.348. The Balaban J connectivity index is 3.59. The summed E-state index contributed by atoms with van der Waals surface area (Å²) in [7, 11) is 0.